The van der Waals surface area contributed by atoms with E-state index in [9.17, 15) is 13.2 Å². The van der Waals surface area contributed by atoms with E-state index in [1.54, 1.807) is 18.2 Å². The molecule has 0 unspecified atom stereocenters. The lowest BCUT2D eigenvalue weighted by atomic mass is 9.86. The van der Waals surface area contributed by atoms with E-state index in [0.29, 0.717) is 18.7 Å². The van der Waals surface area contributed by atoms with Gasteiger partial charge in [0.05, 0.1) is 16.6 Å². The van der Waals surface area contributed by atoms with Gasteiger partial charge in [-0.3, -0.25) is 9.69 Å². The lowest BCUT2D eigenvalue weighted by molar-refractivity contribution is 0.0469. The summed E-state index contributed by atoms with van der Waals surface area (Å²) >= 11 is 0. The first-order valence-electron chi connectivity index (χ1n) is 15.2. The fourth-order valence-electron chi connectivity index (χ4n) is 6.04. The number of benzene rings is 3. The zero-order chi connectivity index (χ0) is 31.9. The number of nitrogens with one attached hydrogen (secondary N) is 2. The highest BCUT2D eigenvalue weighted by Gasteiger charge is 2.34. The molecule has 4 aromatic rings. The Hall–Kier alpha value is -4.28. The molecule has 45 heavy (non-hydrogen) atoms. The van der Waals surface area contributed by atoms with Crippen molar-refractivity contribution in [3.8, 4) is 17.1 Å². The number of hydrogen-bond donors (Lipinski definition) is 2. The summed E-state index contributed by atoms with van der Waals surface area (Å²) in [6.45, 7) is 12.6. The van der Waals surface area contributed by atoms with Crippen molar-refractivity contribution in [3.63, 3.8) is 0 Å². The van der Waals surface area contributed by atoms with Crippen LogP contribution in [-0.2, 0) is 22.0 Å². The number of nitrogens with zero attached hydrogens (tertiary/aromatic N) is 3. The summed E-state index contributed by atoms with van der Waals surface area (Å²) in [7, 11) is -4.10. The van der Waals surface area contributed by atoms with Gasteiger partial charge < -0.3 is 10.1 Å². The van der Waals surface area contributed by atoms with Gasteiger partial charge in [-0.15, -0.1) is 0 Å². The van der Waals surface area contributed by atoms with E-state index >= 15 is 0 Å². The smallest absolute Gasteiger partial charge is 0.264 e. The van der Waals surface area contributed by atoms with Crippen molar-refractivity contribution in [2.45, 2.75) is 70.0 Å². The van der Waals surface area contributed by atoms with Crippen molar-refractivity contribution < 1.29 is 17.9 Å². The summed E-state index contributed by atoms with van der Waals surface area (Å²) in [5, 5.41) is 3.12. The minimum atomic E-state index is -4.10. The third-order valence-corrected chi connectivity index (χ3v) is 9.86. The number of hydrogen-bond acceptors (Lipinski definition) is 7. The number of carbonyl (C=O) groups is 1. The number of ether oxygens (including phenoxy) is 1. The predicted octanol–water partition coefficient (Wildman–Crippen LogP) is 5.62. The van der Waals surface area contributed by atoms with Crippen LogP contribution in [-0.4, -0.2) is 54.4 Å². The van der Waals surface area contributed by atoms with Crippen molar-refractivity contribution in [2.75, 3.05) is 17.8 Å². The van der Waals surface area contributed by atoms with Crippen LogP contribution in [0.3, 0.4) is 0 Å². The minimum absolute atomic E-state index is 0.0539. The average Bonchev–Trinajstić information content (AvgIpc) is 2.98. The summed E-state index contributed by atoms with van der Waals surface area (Å²) in [5.74, 6) is -0.227. The number of rotatable bonds is 3. The molecule has 10 heteroatoms. The van der Waals surface area contributed by atoms with E-state index in [0.717, 1.165) is 29.8 Å². The topological polar surface area (TPSA) is 114 Å². The third-order valence-electron chi connectivity index (χ3n) is 8.53. The Morgan fingerprint density at radius 2 is 1.67 bits per heavy atom. The maximum atomic E-state index is 13.4. The van der Waals surface area contributed by atoms with Crippen LogP contribution < -0.4 is 14.8 Å². The van der Waals surface area contributed by atoms with Crippen LogP contribution >= 0.6 is 0 Å². The number of fused-ring (bicyclic) bond motifs is 5. The number of anilines is 1. The van der Waals surface area contributed by atoms with E-state index in [4.69, 9.17) is 4.74 Å². The van der Waals surface area contributed by atoms with Gasteiger partial charge in [-0.2, -0.15) is 4.98 Å². The Balaban J connectivity index is 1.38. The van der Waals surface area contributed by atoms with Crippen molar-refractivity contribution >= 4 is 21.9 Å². The highest BCUT2D eigenvalue weighted by molar-refractivity contribution is 7.92. The number of aromatic nitrogens is 2. The van der Waals surface area contributed by atoms with Gasteiger partial charge in [-0.25, -0.2) is 18.1 Å². The van der Waals surface area contributed by atoms with Crippen LogP contribution in [0.2, 0.25) is 0 Å². The molecule has 4 bridgehead atoms. The van der Waals surface area contributed by atoms with Gasteiger partial charge in [0.25, 0.3) is 15.9 Å². The molecule has 0 spiro atoms. The standard InChI is InChI=1S/C35H39N5O4S/c1-22-8-6-9-23(2)32(22)29-19-31-38-34(37-29)39-45(42,43)27-11-7-10-25(18-27)33(41)36-28-16-17-40(21-30(28)44-31)20-24-12-14-26(15-13-24)35(3,4)5/h6-15,18-19,28,30H,16-17,20-21H2,1-5H3,(H,36,41)(H,37,38,39)/t28-,30+/m1/s1. The molecule has 6 rings (SSSR count). The van der Waals surface area contributed by atoms with E-state index in [-0.39, 0.29) is 39.7 Å². The third kappa shape index (κ3) is 6.72. The van der Waals surface area contributed by atoms with Crippen molar-refractivity contribution in [1.82, 2.24) is 20.2 Å². The molecular formula is C35H39N5O4S. The van der Waals surface area contributed by atoms with Crippen LogP contribution in [0.15, 0.2) is 77.7 Å². The Morgan fingerprint density at radius 3 is 2.38 bits per heavy atom. The first kappa shape index (κ1) is 30.7. The average molecular weight is 626 g/mol. The van der Waals surface area contributed by atoms with Crippen molar-refractivity contribution in [2.24, 2.45) is 0 Å². The van der Waals surface area contributed by atoms with Gasteiger partial charge in [0, 0.05) is 36.8 Å². The van der Waals surface area contributed by atoms with Gasteiger partial charge in [-0.05, 0) is 66.1 Å². The van der Waals surface area contributed by atoms with E-state index in [2.05, 4.69) is 69.9 Å². The zero-order valence-corrected chi connectivity index (χ0v) is 27.1. The summed E-state index contributed by atoms with van der Waals surface area (Å²) in [6.07, 6.45) is 0.194. The molecule has 0 radical (unpaired) electrons. The molecule has 0 saturated carbocycles. The SMILES string of the molecule is Cc1cccc(C)c1-c1cc2nc(n1)NS(=O)(=O)c1cccc(c1)C(=O)N[C@@H]1CCN(Cc3ccc(C(C)(C)C)cc3)C[C@@H]1O2. The van der Waals surface area contributed by atoms with Crippen LogP contribution in [0.5, 0.6) is 5.88 Å². The van der Waals surface area contributed by atoms with Crippen molar-refractivity contribution in [1.29, 1.82) is 0 Å². The largest absolute Gasteiger partial charge is 0.471 e. The maximum absolute atomic E-state index is 13.4. The van der Waals surface area contributed by atoms with Gasteiger partial charge in [0.15, 0.2) is 0 Å². The fourth-order valence-corrected chi connectivity index (χ4v) is 7.03. The van der Waals surface area contributed by atoms with Crippen LogP contribution in [0.1, 0.15) is 59.8 Å². The second-order valence-corrected chi connectivity index (χ2v) is 14.7. The van der Waals surface area contributed by atoms with Crippen LogP contribution in [0, 0.1) is 13.8 Å². The molecule has 3 heterocycles. The Kier molecular flexibility index (Phi) is 8.13. The maximum Gasteiger partial charge on any atom is 0.264 e. The number of amides is 1. The summed E-state index contributed by atoms with van der Waals surface area (Å²) in [5.41, 5.74) is 6.22. The first-order chi connectivity index (χ1) is 21.4. The van der Waals surface area contributed by atoms with Gasteiger partial charge in [0.1, 0.15) is 6.10 Å². The number of aryl methyl sites for hydroxylation is 2. The molecule has 2 aliphatic heterocycles. The highest BCUT2D eigenvalue weighted by atomic mass is 32.2. The molecule has 0 aliphatic carbocycles. The first-order valence-corrected chi connectivity index (χ1v) is 16.7. The van der Waals surface area contributed by atoms with Crippen LogP contribution in [0.4, 0.5) is 5.95 Å². The number of carbonyl (C=O) groups excluding carboxylic acids is 1. The predicted molar refractivity (Wildman–Crippen MR) is 175 cm³/mol. The molecule has 2 aliphatic rings. The summed E-state index contributed by atoms with van der Waals surface area (Å²) < 4.78 is 36.0. The molecule has 234 valence electrons. The molecule has 1 aromatic heterocycles. The molecule has 1 fully saturated rings. The Bertz CT molecular complexity index is 1830. The molecule has 2 N–H and O–H groups in total. The number of likely N-dealkylation sites (tertiary alicyclic amines) is 1. The molecule has 9 nitrogen and oxygen atoms in total. The number of sulfonamides is 1. The highest BCUT2D eigenvalue weighted by Crippen LogP contribution is 2.31. The van der Waals surface area contributed by atoms with E-state index in [1.165, 1.54) is 23.3 Å². The zero-order valence-electron chi connectivity index (χ0n) is 26.3. The fraction of sp³-hybridized carbons (Fsp3) is 0.343. The minimum Gasteiger partial charge on any atom is -0.471 e. The number of piperidine rings is 1. The Morgan fingerprint density at radius 1 is 0.956 bits per heavy atom. The lowest BCUT2D eigenvalue weighted by Gasteiger charge is -2.38. The lowest BCUT2D eigenvalue weighted by Crippen LogP contribution is -2.56. The molecule has 2 atom stereocenters. The van der Waals surface area contributed by atoms with Gasteiger partial charge in [-0.1, -0.05) is 69.3 Å². The Labute approximate surface area is 265 Å². The molecular weight excluding hydrogens is 586 g/mol. The quantitative estimate of drug-likeness (QED) is 0.304. The summed E-state index contributed by atoms with van der Waals surface area (Å²) in [6, 6.07) is 22.1. The second kappa shape index (κ2) is 11.9. The van der Waals surface area contributed by atoms with E-state index < -0.39 is 16.1 Å². The van der Waals surface area contributed by atoms with E-state index in [1.807, 2.05) is 32.0 Å². The van der Waals surface area contributed by atoms with Gasteiger partial charge in [0.2, 0.25) is 11.8 Å². The molecule has 1 saturated heterocycles. The summed E-state index contributed by atoms with van der Waals surface area (Å²) in [4.78, 5) is 24.8. The second-order valence-electron chi connectivity index (χ2n) is 13.0. The van der Waals surface area contributed by atoms with Crippen LogP contribution in [0.25, 0.3) is 11.3 Å². The molecule has 3 aromatic carbocycles. The van der Waals surface area contributed by atoms with Crippen molar-refractivity contribution in [3.05, 3.63) is 101 Å². The van der Waals surface area contributed by atoms with Gasteiger partial charge >= 0.3 is 0 Å². The monoisotopic (exact) mass is 625 g/mol. The normalized spacial score (nSPS) is 19.9. The molecule has 1 amide bonds.